The fourth-order valence-electron chi connectivity index (χ4n) is 0.707. The van der Waals surface area contributed by atoms with Crippen molar-refractivity contribution in [2.24, 2.45) is 0 Å². The van der Waals surface area contributed by atoms with E-state index in [1.54, 1.807) is 0 Å². The minimum absolute atomic E-state index is 0. The van der Waals surface area contributed by atoms with Crippen LogP contribution in [0.5, 0.6) is 0 Å². The van der Waals surface area contributed by atoms with Gasteiger partial charge in [0.15, 0.2) is 0 Å². The molecular formula is C8H9CsS. The Kier molecular flexibility index (Phi) is 5.97. The molecule has 0 fully saturated rings. The molecule has 0 bridgehead atoms. The van der Waals surface area contributed by atoms with Gasteiger partial charge in [0.1, 0.15) is 0 Å². The summed E-state index contributed by atoms with van der Waals surface area (Å²) in [5, 5.41) is 0. The number of rotatable bonds is 0. The molecule has 0 aliphatic heterocycles. The third-order valence-electron chi connectivity index (χ3n) is 1.34. The summed E-state index contributed by atoms with van der Waals surface area (Å²) in [6.07, 6.45) is 0. The Morgan fingerprint density at radius 3 is 2.20 bits per heavy atom. The first-order valence-corrected chi connectivity index (χ1v) is 3.35. The van der Waals surface area contributed by atoms with Crippen LogP contribution in [0.25, 0.3) is 0 Å². The molecule has 0 radical (unpaired) electrons. The van der Waals surface area contributed by atoms with E-state index in [0.717, 1.165) is 4.90 Å². The summed E-state index contributed by atoms with van der Waals surface area (Å²) in [7, 11) is 0. The molecule has 0 saturated carbocycles. The Labute approximate surface area is 127 Å². The molecule has 0 heterocycles. The summed E-state index contributed by atoms with van der Waals surface area (Å²) in [5.41, 5.74) is 2.43. The molecular weight excluding hydrogens is 261 g/mol. The van der Waals surface area contributed by atoms with Crippen LogP contribution in [-0.4, -0.2) is 0 Å². The summed E-state index contributed by atoms with van der Waals surface area (Å²) in [6, 6.07) is 6.15. The molecule has 0 N–H and O–H groups in total. The first kappa shape index (κ1) is 11.5. The van der Waals surface area contributed by atoms with E-state index in [1.807, 2.05) is 13.0 Å². The first-order valence-electron chi connectivity index (χ1n) is 2.94. The van der Waals surface area contributed by atoms with Crippen LogP contribution in [0.4, 0.5) is 0 Å². The summed E-state index contributed by atoms with van der Waals surface area (Å²) in [4.78, 5) is 0.968. The van der Waals surface area contributed by atoms with Gasteiger partial charge in [-0.05, 0) is 13.8 Å². The van der Waals surface area contributed by atoms with Crippen LogP contribution in [0.2, 0.25) is 0 Å². The molecule has 0 spiro atoms. The average molecular weight is 270 g/mol. The standard InChI is InChI=1S/C8H10S.Cs/c1-6-3-4-7(2)8(9)5-6;/h3-5,9H,1-2H3;/q;+1/p-1. The van der Waals surface area contributed by atoms with Gasteiger partial charge in [-0.25, -0.2) is 0 Å². The zero-order chi connectivity index (χ0) is 6.85. The molecule has 1 rings (SSSR count). The Morgan fingerprint density at radius 1 is 1.20 bits per heavy atom. The van der Waals surface area contributed by atoms with Crippen LogP contribution >= 0.6 is 0 Å². The zero-order valence-corrected chi connectivity index (χ0v) is 13.7. The SMILES string of the molecule is Cc1ccc(C)c([S-])c1.[Cs+]. The number of hydrogen-bond acceptors (Lipinski definition) is 1. The second-order valence-corrected chi connectivity index (χ2v) is 2.71. The van der Waals surface area contributed by atoms with Gasteiger partial charge >= 0.3 is 68.9 Å². The smallest absolute Gasteiger partial charge is 0.779 e. The van der Waals surface area contributed by atoms with Gasteiger partial charge in [-0.1, -0.05) is 29.3 Å². The van der Waals surface area contributed by atoms with Gasteiger partial charge in [0.2, 0.25) is 0 Å². The summed E-state index contributed by atoms with van der Waals surface area (Å²) >= 11 is 5.04. The van der Waals surface area contributed by atoms with Gasteiger partial charge in [-0.2, -0.15) is 4.90 Å². The Hall–Kier alpha value is 1.49. The van der Waals surface area contributed by atoms with Crippen LogP contribution in [-0.2, 0) is 12.6 Å². The predicted molar refractivity (Wildman–Crippen MR) is 41.5 cm³/mol. The minimum atomic E-state index is 0. The Bertz CT molecular complexity index is 220. The summed E-state index contributed by atoms with van der Waals surface area (Å²) < 4.78 is 0. The zero-order valence-electron chi connectivity index (χ0n) is 6.64. The van der Waals surface area contributed by atoms with Gasteiger partial charge in [-0.3, -0.25) is 0 Å². The van der Waals surface area contributed by atoms with E-state index in [9.17, 15) is 0 Å². The molecule has 0 aliphatic rings. The second kappa shape index (κ2) is 5.19. The molecule has 48 valence electrons. The van der Waals surface area contributed by atoms with Crippen molar-refractivity contribution >= 4 is 12.6 Å². The molecule has 0 amide bonds. The Morgan fingerprint density at radius 2 is 1.80 bits per heavy atom. The van der Waals surface area contributed by atoms with Crippen molar-refractivity contribution < 1.29 is 68.9 Å². The number of benzene rings is 1. The average Bonchev–Trinajstić information content (AvgIpc) is 1.80. The molecule has 10 heavy (non-hydrogen) atoms. The molecule has 0 nitrogen and oxygen atoms in total. The first-order chi connectivity index (χ1) is 4.20. The molecule has 2 heteroatoms. The molecule has 0 aromatic heterocycles. The van der Waals surface area contributed by atoms with Gasteiger partial charge in [0.25, 0.3) is 0 Å². The second-order valence-electron chi connectivity index (χ2n) is 2.27. The minimum Gasteiger partial charge on any atom is -0.779 e. The molecule has 0 unspecified atom stereocenters. The maximum Gasteiger partial charge on any atom is 1.00 e. The van der Waals surface area contributed by atoms with Crippen LogP contribution in [0.15, 0.2) is 23.1 Å². The van der Waals surface area contributed by atoms with E-state index < -0.39 is 0 Å². The van der Waals surface area contributed by atoms with Crippen molar-refractivity contribution in [2.75, 3.05) is 0 Å². The van der Waals surface area contributed by atoms with Gasteiger partial charge in [-0.15, -0.1) is 0 Å². The van der Waals surface area contributed by atoms with E-state index in [2.05, 4.69) is 19.1 Å². The maximum atomic E-state index is 5.04. The molecule has 0 atom stereocenters. The van der Waals surface area contributed by atoms with E-state index in [0.29, 0.717) is 0 Å². The van der Waals surface area contributed by atoms with Gasteiger partial charge < -0.3 is 12.6 Å². The van der Waals surface area contributed by atoms with E-state index in [4.69, 9.17) is 12.6 Å². The van der Waals surface area contributed by atoms with Crippen molar-refractivity contribution in [1.82, 2.24) is 0 Å². The molecule has 1 aromatic rings. The van der Waals surface area contributed by atoms with Crippen molar-refractivity contribution in [2.45, 2.75) is 18.7 Å². The quantitative estimate of drug-likeness (QED) is 0.557. The van der Waals surface area contributed by atoms with E-state index in [1.165, 1.54) is 11.1 Å². The van der Waals surface area contributed by atoms with Gasteiger partial charge in [0.05, 0.1) is 0 Å². The largest absolute Gasteiger partial charge is 1.00 e. The van der Waals surface area contributed by atoms with Crippen LogP contribution < -0.4 is 68.9 Å². The van der Waals surface area contributed by atoms with Crippen LogP contribution in [0, 0.1) is 13.8 Å². The van der Waals surface area contributed by atoms with Crippen LogP contribution in [0.1, 0.15) is 11.1 Å². The Balaban J connectivity index is 0.000000810. The topological polar surface area (TPSA) is 0 Å². The maximum absolute atomic E-state index is 5.04. The normalized spacial score (nSPS) is 8.60. The molecule has 1 aromatic carbocycles. The van der Waals surface area contributed by atoms with Crippen molar-refractivity contribution in [3.8, 4) is 0 Å². The van der Waals surface area contributed by atoms with Crippen molar-refractivity contribution in [3.63, 3.8) is 0 Å². The van der Waals surface area contributed by atoms with E-state index in [-0.39, 0.29) is 68.9 Å². The van der Waals surface area contributed by atoms with Gasteiger partial charge in [0, 0.05) is 0 Å². The fourth-order valence-corrected chi connectivity index (χ4v) is 0.961. The van der Waals surface area contributed by atoms with Crippen molar-refractivity contribution in [3.05, 3.63) is 29.3 Å². The third-order valence-corrected chi connectivity index (χ3v) is 1.78. The van der Waals surface area contributed by atoms with E-state index >= 15 is 0 Å². The number of aryl methyl sites for hydroxylation is 2. The monoisotopic (exact) mass is 270 g/mol. The summed E-state index contributed by atoms with van der Waals surface area (Å²) in [6.45, 7) is 4.08. The number of hydrogen-bond donors (Lipinski definition) is 0. The fraction of sp³-hybridized carbons (Fsp3) is 0.250. The van der Waals surface area contributed by atoms with Crippen LogP contribution in [0.3, 0.4) is 0 Å². The third kappa shape index (κ3) is 3.26. The molecule has 0 saturated heterocycles. The predicted octanol–water partition coefficient (Wildman–Crippen LogP) is -0.787. The molecule has 0 aliphatic carbocycles. The summed E-state index contributed by atoms with van der Waals surface area (Å²) in [5.74, 6) is 0. The van der Waals surface area contributed by atoms with Crippen molar-refractivity contribution in [1.29, 1.82) is 0 Å².